The fraction of sp³-hybridized carbons (Fsp3) is 0.900. The Bertz CT molecular complexity index is 258. The first-order valence-electron chi connectivity index (χ1n) is 5.54. The molecule has 7 heteroatoms. The number of rotatable bonds is 9. The Morgan fingerprint density at radius 2 is 1.76 bits per heavy atom. The van der Waals surface area contributed by atoms with Crippen molar-refractivity contribution in [2.45, 2.75) is 26.9 Å². The molecule has 102 valence electrons. The average Bonchev–Trinajstić information content (AvgIpc) is 2.26. The zero-order valence-corrected chi connectivity index (χ0v) is 11.7. The zero-order chi connectivity index (χ0) is 13.3. The van der Waals surface area contributed by atoms with E-state index in [4.69, 9.17) is 18.5 Å². The Balaban J connectivity index is 4.17. The van der Waals surface area contributed by atoms with E-state index in [0.29, 0.717) is 0 Å². The quantitative estimate of drug-likeness (QED) is 0.469. The van der Waals surface area contributed by atoms with Crippen molar-refractivity contribution >= 4 is 13.6 Å². The fourth-order valence-corrected chi connectivity index (χ4v) is 2.46. The number of carbonyl (C=O) groups is 1. The van der Waals surface area contributed by atoms with Gasteiger partial charge in [-0.3, -0.25) is 9.36 Å². The van der Waals surface area contributed by atoms with Crippen LogP contribution in [0.25, 0.3) is 0 Å². The van der Waals surface area contributed by atoms with Gasteiger partial charge in [-0.15, -0.1) is 0 Å². The molecule has 0 spiro atoms. The summed E-state index contributed by atoms with van der Waals surface area (Å²) >= 11 is 0. The molecule has 0 amide bonds. The Kier molecular flexibility index (Phi) is 8.43. The Morgan fingerprint density at radius 1 is 1.24 bits per heavy atom. The number of esters is 1. The van der Waals surface area contributed by atoms with Gasteiger partial charge in [-0.05, 0) is 20.8 Å². The highest BCUT2D eigenvalue weighted by molar-refractivity contribution is 7.54. The summed E-state index contributed by atoms with van der Waals surface area (Å²) in [5.41, 5.74) is 0. The zero-order valence-electron chi connectivity index (χ0n) is 10.8. The average molecular weight is 268 g/mol. The Labute approximate surface area is 102 Å². The normalized spacial score (nSPS) is 13.4. The molecular weight excluding hydrogens is 247 g/mol. The van der Waals surface area contributed by atoms with Crippen molar-refractivity contribution in [3.8, 4) is 0 Å². The van der Waals surface area contributed by atoms with E-state index >= 15 is 0 Å². The minimum atomic E-state index is -3.36. The molecule has 0 saturated carbocycles. The van der Waals surface area contributed by atoms with Crippen molar-refractivity contribution in [3.63, 3.8) is 0 Å². The lowest BCUT2D eigenvalue weighted by Crippen LogP contribution is -2.20. The van der Waals surface area contributed by atoms with Crippen LogP contribution in [-0.4, -0.2) is 45.2 Å². The molecule has 0 N–H and O–H groups in total. The molecule has 6 nitrogen and oxygen atoms in total. The Morgan fingerprint density at radius 3 is 2.18 bits per heavy atom. The third-order valence-electron chi connectivity index (χ3n) is 1.86. The molecule has 0 aromatic carbocycles. The molecule has 0 rings (SSSR count). The van der Waals surface area contributed by atoms with Crippen molar-refractivity contribution in [1.82, 2.24) is 0 Å². The van der Waals surface area contributed by atoms with Gasteiger partial charge < -0.3 is 18.5 Å². The maximum Gasteiger partial charge on any atom is 0.341 e. The summed E-state index contributed by atoms with van der Waals surface area (Å²) in [6.07, 6.45) is -0.567. The predicted molar refractivity (Wildman–Crippen MR) is 63.2 cm³/mol. The van der Waals surface area contributed by atoms with E-state index in [-0.39, 0.29) is 32.1 Å². The third kappa shape index (κ3) is 7.49. The van der Waals surface area contributed by atoms with E-state index in [2.05, 4.69) is 0 Å². The molecule has 0 radical (unpaired) electrons. The van der Waals surface area contributed by atoms with E-state index in [1.807, 2.05) is 0 Å². The van der Waals surface area contributed by atoms with E-state index < -0.39 is 13.6 Å². The van der Waals surface area contributed by atoms with E-state index in [1.54, 1.807) is 20.8 Å². The minimum Gasteiger partial charge on any atom is -0.462 e. The van der Waals surface area contributed by atoms with Gasteiger partial charge in [-0.1, -0.05) is 0 Å². The molecule has 0 fully saturated rings. The van der Waals surface area contributed by atoms with Crippen LogP contribution in [0.4, 0.5) is 0 Å². The molecule has 17 heavy (non-hydrogen) atoms. The lowest BCUT2D eigenvalue weighted by atomic mass is 10.4. The van der Waals surface area contributed by atoms with Crippen LogP contribution in [0.5, 0.6) is 0 Å². The predicted octanol–water partition coefficient (Wildman–Crippen LogP) is 1.83. The van der Waals surface area contributed by atoms with Crippen LogP contribution >= 0.6 is 7.60 Å². The summed E-state index contributed by atoms with van der Waals surface area (Å²) in [6, 6.07) is 0. The molecule has 0 aromatic rings. The van der Waals surface area contributed by atoms with Crippen molar-refractivity contribution < 1.29 is 27.9 Å². The topological polar surface area (TPSA) is 71.1 Å². The second kappa shape index (κ2) is 8.64. The SMILES string of the molecule is CCOP(=O)(CC(=O)OCC(C)OC)OCC. The van der Waals surface area contributed by atoms with E-state index in [9.17, 15) is 9.36 Å². The van der Waals surface area contributed by atoms with Crippen LogP contribution in [0.1, 0.15) is 20.8 Å². The number of hydrogen-bond acceptors (Lipinski definition) is 6. The maximum atomic E-state index is 12.0. The van der Waals surface area contributed by atoms with Crippen LogP contribution in [-0.2, 0) is 27.9 Å². The van der Waals surface area contributed by atoms with Crippen LogP contribution in [0.2, 0.25) is 0 Å². The fourth-order valence-electron chi connectivity index (χ4n) is 1.00. The monoisotopic (exact) mass is 268 g/mol. The van der Waals surface area contributed by atoms with Crippen molar-refractivity contribution in [3.05, 3.63) is 0 Å². The first-order valence-corrected chi connectivity index (χ1v) is 7.26. The smallest absolute Gasteiger partial charge is 0.341 e. The molecule has 0 aliphatic carbocycles. The molecule has 0 aliphatic heterocycles. The molecule has 0 aliphatic rings. The van der Waals surface area contributed by atoms with Crippen LogP contribution in [0.3, 0.4) is 0 Å². The summed E-state index contributed by atoms with van der Waals surface area (Å²) in [4.78, 5) is 11.4. The van der Waals surface area contributed by atoms with Gasteiger partial charge in [0.25, 0.3) is 0 Å². The first kappa shape index (κ1) is 16.6. The van der Waals surface area contributed by atoms with Crippen LogP contribution < -0.4 is 0 Å². The molecule has 1 unspecified atom stereocenters. The number of hydrogen-bond donors (Lipinski definition) is 0. The van der Waals surface area contributed by atoms with Crippen molar-refractivity contribution in [2.75, 3.05) is 33.1 Å². The molecule has 0 bridgehead atoms. The van der Waals surface area contributed by atoms with Crippen molar-refractivity contribution in [1.29, 1.82) is 0 Å². The highest BCUT2D eigenvalue weighted by atomic mass is 31.2. The van der Waals surface area contributed by atoms with Gasteiger partial charge in [-0.25, -0.2) is 0 Å². The summed E-state index contributed by atoms with van der Waals surface area (Å²) in [6.45, 7) is 5.69. The standard InChI is InChI=1S/C10H21O6P/c1-5-15-17(12,16-6-2)8-10(11)14-7-9(3)13-4/h9H,5-8H2,1-4H3. The van der Waals surface area contributed by atoms with Gasteiger partial charge in [0.1, 0.15) is 12.8 Å². The summed E-state index contributed by atoms with van der Waals surface area (Å²) in [5.74, 6) is -0.612. The van der Waals surface area contributed by atoms with Gasteiger partial charge in [0.15, 0.2) is 0 Å². The summed E-state index contributed by atoms with van der Waals surface area (Å²) < 4.78 is 31.7. The molecule has 0 heterocycles. The largest absolute Gasteiger partial charge is 0.462 e. The molecule has 0 saturated heterocycles. The Hall–Kier alpha value is -0.420. The van der Waals surface area contributed by atoms with Gasteiger partial charge >= 0.3 is 13.6 Å². The van der Waals surface area contributed by atoms with Gasteiger partial charge in [0.2, 0.25) is 0 Å². The van der Waals surface area contributed by atoms with E-state index in [0.717, 1.165) is 0 Å². The molecule has 0 aromatic heterocycles. The second-order valence-electron chi connectivity index (χ2n) is 3.33. The van der Waals surface area contributed by atoms with Crippen molar-refractivity contribution in [2.24, 2.45) is 0 Å². The van der Waals surface area contributed by atoms with E-state index in [1.165, 1.54) is 7.11 Å². The van der Waals surface area contributed by atoms with Gasteiger partial charge in [0.05, 0.1) is 19.3 Å². The highest BCUT2D eigenvalue weighted by Crippen LogP contribution is 2.47. The molecule has 1 atom stereocenters. The molecular formula is C10H21O6P. The third-order valence-corrected chi connectivity index (χ3v) is 3.80. The minimum absolute atomic E-state index is 0.119. The lowest BCUT2D eigenvalue weighted by Gasteiger charge is -2.16. The highest BCUT2D eigenvalue weighted by Gasteiger charge is 2.28. The number of carbonyl (C=O) groups excluding carboxylic acids is 1. The van der Waals surface area contributed by atoms with Gasteiger partial charge in [0, 0.05) is 7.11 Å². The summed E-state index contributed by atoms with van der Waals surface area (Å²) in [7, 11) is -1.84. The second-order valence-corrected chi connectivity index (χ2v) is 5.39. The number of methoxy groups -OCH3 is 1. The van der Waals surface area contributed by atoms with Crippen LogP contribution in [0.15, 0.2) is 0 Å². The first-order chi connectivity index (χ1) is 7.97. The number of ether oxygens (including phenoxy) is 2. The van der Waals surface area contributed by atoms with Crippen LogP contribution in [0, 0.1) is 0 Å². The maximum absolute atomic E-state index is 12.0. The lowest BCUT2D eigenvalue weighted by molar-refractivity contribution is -0.144. The summed E-state index contributed by atoms with van der Waals surface area (Å²) in [5, 5.41) is 0. The van der Waals surface area contributed by atoms with Gasteiger partial charge in [-0.2, -0.15) is 0 Å².